The summed E-state index contributed by atoms with van der Waals surface area (Å²) in [6, 6.07) is 0. The van der Waals surface area contributed by atoms with Gasteiger partial charge in [-0.25, -0.2) is 9.78 Å². The quantitative estimate of drug-likeness (QED) is 0.164. The molecule has 0 aromatic rings. The number of aliphatic hydroxyl groups is 3. The van der Waals surface area contributed by atoms with Gasteiger partial charge in [-0.1, -0.05) is 0 Å². The second kappa shape index (κ2) is 13.1. The third kappa shape index (κ3) is 7.74. The fourth-order valence-corrected chi connectivity index (χ4v) is 1.79. The Morgan fingerprint density at radius 1 is 0.818 bits per heavy atom. The molecule has 0 unspecified atom stereocenters. The molecular weight excluding hydrogens is 302 g/mol. The third-order valence-electron chi connectivity index (χ3n) is 2.66. The Morgan fingerprint density at radius 2 is 1.50 bits per heavy atom. The Labute approximate surface area is 128 Å². The van der Waals surface area contributed by atoms with Crippen LogP contribution in [-0.4, -0.2) is 93.2 Å². The number of ether oxygens (including phenoxy) is 3. The average molecular weight is 327 g/mol. The van der Waals surface area contributed by atoms with Crippen LogP contribution in [-0.2, 0) is 28.8 Å². The molecule has 3 atom stereocenters. The molecule has 1 heterocycles. The molecule has 1 aliphatic rings. The molecule has 10 heteroatoms. The molecule has 0 aromatic heterocycles. The van der Waals surface area contributed by atoms with E-state index in [1.807, 2.05) is 0 Å². The molecule has 1 saturated heterocycles. The summed E-state index contributed by atoms with van der Waals surface area (Å²) in [4.78, 5) is 14.6. The Hall–Kier alpha value is -0.400. The Kier molecular flexibility index (Phi) is 11.7. The molecule has 0 bridgehead atoms. The van der Waals surface area contributed by atoms with Crippen molar-refractivity contribution >= 4 is 0 Å². The maximum Gasteiger partial charge on any atom is 0.158 e. The predicted molar refractivity (Wildman–Crippen MR) is 71.5 cm³/mol. The van der Waals surface area contributed by atoms with E-state index in [2.05, 4.69) is 10.4 Å². The lowest BCUT2D eigenvalue weighted by Crippen LogP contribution is -2.57. The summed E-state index contributed by atoms with van der Waals surface area (Å²) in [7, 11) is 0. The van der Waals surface area contributed by atoms with Crippen LogP contribution < -0.4 is 5.48 Å². The van der Waals surface area contributed by atoms with Crippen molar-refractivity contribution in [2.75, 3.05) is 59.5 Å². The number of nitrogens with one attached hydrogen (secondary N) is 1. The molecular formula is C12H25NO9. The van der Waals surface area contributed by atoms with Crippen LogP contribution in [0.25, 0.3) is 0 Å². The summed E-state index contributed by atoms with van der Waals surface area (Å²) in [5.74, 6) is 0. The van der Waals surface area contributed by atoms with Gasteiger partial charge in [-0.15, -0.1) is 0 Å². The topological polar surface area (TPSA) is 128 Å². The lowest BCUT2D eigenvalue weighted by molar-refractivity contribution is -0.309. The van der Waals surface area contributed by atoms with E-state index in [4.69, 9.17) is 39.3 Å². The van der Waals surface area contributed by atoms with E-state index in [9.17, 15) is 0 Å². The van der Waals surface area contributed by atoms with Crippen molar-refractivity contribution in [3.05, 3.63) is 0 Å². The maximum absolute atomic E-state index is 8.89. The predicted octanol–water partition coefficient (Wildman–Crippen LogP) is -2.44. The fourth-order valence-electron chi connectivity index (χ4n) is 1.79. The van der Waals surface area contributed by atoms with Crippen LogP contribution in [0.4, 0.5) is 0 Å². The molecule has 1 fully saturated rings. The number of rotatable bonds is 13. The zero-order chi connectivity index (χ0) is 16.0. The highest BCUT2D eigenvalue weighted by Crippen LogP contribution is 2.15. The highest BCUT2D eigenvalue weighted by atomic mass is 17.2. The van der Waals surface area contributed by atoms with E-state index in [0.29, 0.717) is 0 Å². The first kappa shape index (κ1) is 19.6. The summed E-state index contributed by atoms with van der Waals surface area (Å²) in [6.45, 7) is 0.577. The second-order valence-corrected chi connectivity index (χ2v) is 4.28. The first-order valence-electron chi connectivity index (χ1n) is 7.12. The fraction of sp³-hybridized carbons (Fsp3) is 1.00. The second-order valence-electron chi connectivity index (χ2n) is 4.28. The number of hydroxylamine groups is 1. The van der Waals surface area contributed by atoms with Crippen LogP contribution in [0.2, 0.25) is 0 Å². The summed E-state index contributed by atoms with van der Waals surface area (Å²) < 4.78 is 16.5. The Bertz CT molecular complexity index is 259. The molecule has 132 valence electrons. The SMILES string of the molecule is OCCOOCCO[C@H]1NOC[C@@H](OCCO)[C@@H]1OCCO. The third-order valence-corrected chi connectivity index (χ3v) is 2.66. The van der Waals surface area contributed by atoms with Crippen LogP contribution in [0.1, 0.15) is 0 Å². The standard InChI is InChI=1S/C12H25NO9/c14-1-4-17-10-9-20-13-12(11(10)18-5-2-15)19-7-8-22-21-6-3-16/h10-16H,1-9H2/t10-,11+,12-/m1/s1. The Balaban J connectivity index is 2.35. The van der Waals surface area contributed by atoms with Crippen LogP contribution in [0.3, 0.4) is 0 Å². The van der Waals surface area contributed by atoms with E-state index in [1.54, 1.807) is 0 Å². The van der Waals surface area contributed by atoms with Gasteiger partial charge in [0, 0.05) is 0 Å². The van der Waals surface area contributed by atoms with Gasteiger partial charge in [-0.2, -0.15) is 5.48 Å². The van der Waals surface area contributed by atoms with Gasteiger partial charge in [0.25, 0.3) is 0 Å². The largest absolute Gasteiger partial charge is 0.394 e. The first-order valence-corrected chi connectivity index (χ1v) is 7.12. The minimum absolute atomic E-state index is 0.0874. The van der Waals surface area contributed by atoms with Gasteiger partial charge in [0.1, 0.15) is 25.4 Å². The van der Waals surface area contributed by atoms with Crippen LogP contribution in [0, 0.1) is 0 Å². The summed E-state index contributed by atoms with van der Waals surface area (Å²) >= 11 is 0. The molecule has 1 aliphatic heterocycles. The van der Waals surface area contributed by atoms with Gasteiger partial charge in [0.2, 0.25) is 0 Å². The van der Waals surface area contributed by atoms with E-state index in [-0.39, 0.29) is 59.5 Å². The van der Waals surface area contributed by atoms with E-state index >= 15 is 0 Å². The molecule has 0 aliphatic carbocycles. The van der Waals surface area contributed by atoms with Crippen molar-refractivity contribution in [2.45, 2.75) is 18.4 Å². The molecule has 10 nitrogen and oxygen atoms in total. The van der Waals surface area contributed by atoms with E-state index < -0.39 is 18.4 Å². The molecule has 4 N–H and O–H groups in total. The number of hydrogen-bond acceptors (Lipinski definition) is 10. The summed E-state index contributed by atoms with van der Waals surface area (Å²) in [5, 5.41) is 26.2. The monoisotopic (exact) mass is 327 g/mol. The number of aliphatic hydroxyl groups excluding tert-OH is 3. The summed E-state index contributed by atoms with van der Waals surface area (Å²) in [5.41, 5.74) is 2.68. The molecule has 22 heavy (non-hydrogen) atoms. The van der Waals surface area contributed by atoms with Gasteiger partial charge in [0.05, 0.1) is 46.2 Å². The maximum atomic E-state index is 8.89. The molecule has 1 rings (SSSR count). The molecule has 0 aromatic carbocycles. The van der Waals surface area contributed by atoms with Gasteiger partial charge in [0.15, 0.2) is 6.23 Å². The van der Waals surface area contributed by atoms with Crippen LogP contribution in [0.5, 0.6) is 0 Å². The van der Waals surface area contributed by atoms with E-state index in [1.165, 1.54) is 0 Å². The van der Waals surface area contributed by atoms with Gasteiger partial charge in [-0.3, -0.25) is 4.84 Å². The van der Waals surface area contributed by atoms with Gasteiger partial charge >= 0.3 is 0 Å². The number of hydrogen-bond donors (Lipinski definition) is 4. The first-order chi connectivity index (χ1) is 10.8. The highest BCUT2D eigenvalue weighted by Gasteiger charge is 2.36. The average Bonchev–Trinajstić information content (AvgIpc) is 2.55. The lowest BCUT2D eigenvalue weighted by Gasteiger charge is -2.37. The van der Waals surface area contributed by atoms with Crippen molar-refractivity contribution in [3.63, 3.8) is 0 Å². The summed E-state index contributed by atoms with van der Waals surface area (Å²) in [6.07, 6.45) is -1.56. The van der Waals surface area contributed by atoms with Gasteiger partial charge in [-0.05, 0) is 0 Å². The van der Waals surface area contributed by atoms with Crippen molar-refractivity contribution in [1.82, 2.24) is 5.48 Å². The van der Waals surface area contributed by atoms with E-state index in [0.717, 1.165) is 0 Å². The zero-order valence-corrected chi connectivity index (χ0v) is 12.4. The smallest absolute Gasteiger partial charge is 0.158 e. The molecule has 0 amide bonds. The van der Waals surface area contributed by atoms with Crippen LogP contribution >= 0.6 is 0 Å². The van der Waals surface area contributed by atoms with Crippen molar-refractivity contribution in [3.8, 4) is 0 Å². The van der Waals surface area contributed by atoms with Gasteiger partial charge < -0.3 is 29.5 Å². The molecule has 0 spiro atoms. The normalized spacial score (nSPS) is 25.5. The minimum Gasteiger partial charge on any atom is -0.394 e. The zero-order valence-electron chi connectivity index (χ0n) is 12.4. The lowest BCUT2D eigenvalue weighted by atomic mass is 10.1. The van der Waals surface area contributed by atoms with Crippen molar-refractivity contribution in [1.29, 1.82) is 0 Å². The molecule has 0 radical (unpaired) electrons. The Morgan fingerprint density at radius 3 is 2.23 bits per heavy atom. The van der Waals surface area contributed by atoms with Crippen molar-refractivity contribution < 1.29 is 44.1 Å². The molecule has 0 saturated carbocycles. The minimum atomic E-state index is -0.620. The van der Waals surface area contributed by atoms with Crippen LogP contribution in [0.15, 0.2) is 0 Å². The van der Waals surface area contributed by atoms with Crippen molar-refractivity contribution in [2.24, 2.45) is 0 Å². The highest BCUT2D eigenvalue weighted by molar-refractivity contribution is 4.80.